The Morgan fingerprint density at radius 1 is 1.40 bits per heavy atom. The fourth-order valence-electron chi connectivity index (χ4n) is 1.05. The largest absolute Gasteiger partial charge is 0.469 e. The molecule has 0 bridgehead atoms. The van der Waals surface area contributed by atoms with Crippen LogP contribution >= 0.6 is 0 Å². The molecule has 0 aliphatic heterocycles. The monoisotopic (exact) mass is 209 g/mol. The van der Waals surface area contributed by atoms with Crippen LogP contribution in [-0.2, 0) is 14.3 Å². The Bertz CT molecular complexity index is 276. The molecular weight excluding hydrogens is 194 g/mol. The summed E-state index contributed by atoms with van der Waals surface area (Å²) in [6.07, 6.45) is 5.07. The number of rotatable bonds is 7. The first-order chi connectivity index (χ1) is 7.24. The van der Waals surface area contributed by atoms with Gasteiger partial charge in [-0.3, -0.25) is 4.79 Å². The fourth-order valence-corrected chi connectivity index (χ4v) is 1.05. The van der Waals surface area contributed by atoms with Gasteiger partial charge >= 0.3 is 5.97 Å². The van der Waals surface area contributed by atoms with E-state index >= 15 is 0 Å². The zero-order valence-electron chi connectivity index (χ0n) is 8.86. The van der Waals surface area contributed by atoms with Gasteiger partial charge in [-0.25, -0.2) is 0 Å². The van der Waals surface area contributed by atoms with Crippen LogP contribution in [-0.4, -0.2) is 19.4 Å². The molecule has 0 radical (unpaired) electrons. The van der Waals surface area contributed by atoms with E-state index < -0.39 is 0 Å². The number of allylic oxidation sites excluding steroid dienone is 2. The van der Waals surface area contributed by atoms with E-state index in [9.17, 15) is 9.59 Å². The first-order valence-corrected chi connectivity index (χ1v) is 4.84. The molecular formula is C11H15NO3. The predicted octanol–water partition coefficient (Wildman–Crippen LogP) is 1.76. The van der Waals surface area contributed by atoms with Gasteiger partial charge in [0.25, 0.3) is 0 Å². The van der Waals surface area contributed by atoms with Crippen LogP contribution in [0.2, 0.25) is 0 Å². The van der Waals surface area contributed by atoms with E-state index in [1.165, 1.54) is 7.11 Å². The summed E-state index contributed by atoms with van der Waals surface area (Å²) < 4.78 is 4.48. The van der Waals surface area contributed by atoms with Crippen LogP contribution < -0.4 is 0 Å². The molecule has 0 aromatic heterocycles. The second kappa shape index (κ2) is 8.95. The van der Waals surface area contributed by atoms with Gasteiger partial charge in [-0.15, -0.1) is 0 Å². The molecule has 0 aliphatic carbocycles. The first kappa shape index (κ1) is 13.4. The Labute approximate surface area is 89.5 Å². The van der Waals surface area contributed by atoms with Gasteiger partial charge in [-0.1, -0.05) is 6.08 Å². The second-order valence-corrected chi connectivity index (χ2v) is 3.01. The smallest absolute Gasteiger partial charge is 0.305 e. The van der Waals surface area contributed by atoms with Crippen molar-refractivity contribution in [1.29, 1.82) is 5.26 Å². The summed E-state index contributed by atoms with van der Waals surface area (Å²) in [5.74, 6) is -0.264. The summed E-state index contributed by atoms with van der Waals surface area (Å²) in [6, 6.07) is 2.05. The molecule has 0 heterocycles. The number of aldehydes is 1. The first-order valence-electron chi connectivity index (χ1n) is 4.84. The average molecular weight is 209 g/mol. The Morgan fingerprint density at radius 3 is 2.67 bits per heavy atom. The summed E-state index contributed by atoms with van der Waals surface area (Å²) in [6.45, 7) is 0. The number of ether oxygens (including phenoxy) is 1. The highest BCUT2D eigenvalue weighted by Crippen LogP contribution is 2.08. The number of nitriles is 1. The summed E-state index contributed by atoms with van der Waals surface area (Å²) in [7, 11) is 1.34. The maximum absolute atomic E-state index is 10.8. The lowest BCUT2D eigenvalue weighted by molar-refractivity contribution is -0.140. The van der Waals surface area contributed by atoms with E-state index in [0.717, 1.165) is 6.29 Å². The van der Waals surface area contributed by atoms with Crippen molar-refractivity contribution in [3.8, 4) is 6.07 Å². The molecule has 0 aliphatic rings. The minimum absolute atomic E-state index is 0.264. The Morgan fingerprint density at radius 2 is 2.13 bits per heavy atom. The van der Waals surface area contributed by atoms with E-state index in [0.29, 0.717) is 37.7 Å². The number of unbranched alkanes of at least 4 members (excludes halogenated alkanes) is 1. The molecule has 82 valence electrons. The molecule has 4 heteroatoms. The maximum atomic E-state index is 10.8. The van der Waals surface area contributed by atoms with Crippen molar-refractivity contribution in [3.05, 3.63) is 11.6 Å². The predicted molar refractivity (Wildman–Crippen MR) is 54.9 cm³/mol. The van der Waals surface area contributed by atoms with Crippen LogP contribution in [0.4, 0.5) is 0 Å². The number of hydrogen-bond donors (Lipinski definition) is 0. The van der Waals surface area contributed by atoms with Crippen molar-refractivity contribution in [3.63, 3.8) is 0 Å². The van der Waals surface area contributed by atoms with Crippen LogP contribution in [0.1, 0.15) is 32.1 Å². The maximum Gasteiger partial charge on any atom is 0.305 e. The number of carbonyl (C=O) groups is 2. The molecule has 0 spiro atoms. The lowest BCUT2D eigenvalue weighted by Gasteiger charge is -1.98. The van der Waals surface area contributed by atoms with Crippen molar-refractivity contribution in [1.82, 2.24) is 0 Å². The standard InChI is InChI=1S/C11H15NO3/c1-15-11(14)7-4-6-10(9-12)5-2-3-8-13/h5,8H,2-4,6-7H2,1H3/b10-5-. The summed E-state index contributed by atoms with van der Waals surface area (Å²) in [5, 5.41) is 8.72. The fraction of sp³-hybridized carbons (Fsp3) is 0.545. The topological polar surface area (TPSA) is 67.2 Å². The molecule has 0 saturated carbocycles. The minimum atomic E-state index is -0.264. The third kappa shape index (κ3) is 7.44. The Kier molecular flexibility index (Phi) is 7.97. The Hall–Kier alpha value is -1.63. The van der Waals surface area contributed by atoms with Gasteiger partial charge in [0.2, 0.25) is 0 Å². The highest BCUT2D eigenvalue weighted by molar-refractivity contribution is 5.69. The number of esters is 1. The lowest BCUT2D eigenvalue weighted by Crippen LogP contribution is -1.99. The molecule has 4 nitrogen and oxygen atoms in total. The summed E-state index contributed by atoms with van der Waals surface area (Å²) in [4.78, 5) is 20.8. The van der Waals surface area contributed by atoms with Crippen molar-refractivity contribution in [2.45, 2.75) is 32.1 Å². The minimum Gasteiger partial charge on any atom is -0.469 e. The van der Waals surface area contributed by atoms with Crippen molar-refractivity contribution in [2.24, 2.45) is 0 Å². The van der Waals surface area contributed by atoms with E-state index in [1.54, 1.807) is 6.08 Å². The molecule has 0 saturated heterocycles. The van der Waals surface area contributed by atoms with Crippen LogP contribution in [0.25, 0.3) is 0 Å². The molecule has 0 atom stereocenters. The number of hydrogen-bond acceptors (Lipinski definition) is 4. The Balaban J connectivity index is 3.80. The zero-order chi connectivity index (χ0) is 11.5. The quantitative estimate of drug-likeness (QED) is 0.277. The van der Waals surface area contributed by atoms with Crippen molar-refractivity contribution in [2.75, 3.05) is 7.11 Å². The number of nitrogens with zero attached hydrogens (tertiary/aromatic N) is 1. The third-order valence-electron chi connectivity index (χ3n) is 1.87. The van der Waals surface area contributed by atoms with Crippen LogP contribution in [0.5, 0.6) is 0 Å². The molecule has 0 aromatic carbocycles. The summed E-state index contributed by atoms with van der Waals surface area (Å²) in [5.41, 5.74) is 0.626. The second-order valence-electron chi connectivity index (χ2n) is 3.01. The molecule has 0 N–H and O–H groups in total. The van der Waals surface area contributed by atoms with Gasteiger partial charge in [-0.05, 0) is 19.3 Å². The van der Waals surface area contributed by atoms with Gasteiger partial charge in [0.1, 0.15) is 6.29 Å². The van der Waals surface area contributed by atoms with E-state index in [4.69, 9.17) is 5.26 Å². The highest BCUT2D eigenvalue weighted by Gasteiger charge is 2.01. The van der Waals surface area contributed by atoms with Gasteiger partial charge in [0.05, 0.1) is 13.2 Å². The molecule has 0 aromatic rings. The van der Waals surface area contributed by atoms with Crippen LogP contribution in [0, 0.1) is 11.3 Å². The van der Waals surface area contributed by atoms with Gasteiger partial charge in [-0.2, -0.15) is 5.26 Å². The van der Waals surface area contributed by atoms with Crippen LogP contribution in [0.15, 0.2) is 11.6 Å². The van der Waals surface area contributed by atoms with Crippen molar-refractivity contribution < 1.29 is 14.3 Å². The molecule has 0 fully saturated rings. The molecule has 0 unspecified atom stereocenters. The zero-order valence-corrected chi connectivity index (χ0v) is 8.86. The van der Waals surface area contributed by atoms with E-state index in [1.807, 2.05) is 6.07 Å². The van der Waals surface area contributed by atoms with Crippen molar-refractivity contribution >= 4 is 12.3 Å². The number of methoxy groups -OCH3 is 1. The van der Waals surface area contributed by atoms with E-state index in [-0.39, 0.29) is 5.97 Å². The normalized spacial score (nSPS) is 10.5. The van der Waals surface area contributed by atoms with E-state index in [2.05, 4.69) is 4.74 Å². The molecule has 15 heavy (non-hydrogen) atoms. The SMILES string of the molecule is COC(=O)CCC/C(C#N)=C/CCC=O. The highest BCUT2D eigenvalue weighted by atomic mass is 16.5. The van der Waals surface area contributed by atoms with Gasteiger partial charge in [0, 0.05) is 18.4 Å². The average Bonchev–Trinajstić information content (AvgIpc) is 2.26. The summed E-state index contributed by atoms with van der Waals surface area (Å²) >= 11 is 0. The van der Waals surface area contributed by atoms with Crippen LogP contribution in [0.3, 0.4) is 0 Å². The number of carbonyl (C=O) groups excluding carboxylic acids is 2. The molecule has 0 rings (SSSR count). The molecule has 0 amide bonds. The van der Waals surface area contributed by atoms with Gasteiger partial charge < -0.3 is 9.53 Å². The van der Waals surface area contributed by atoms with Gasteiger partial charge in [0.15, 0.2) is 0 Å². The third-order valence-corrected chi connectivity index (χ3v) is 1.87. The lowest BCUT2D eigenvalue weighted by atomic mass is 10.1.